The van der Waals surface area contributed by atoms with Gasteiger partial charge in [-0.25, -0.2) is 0 Å². The smallest absolute Gasteiger partial charge is 0.279 e. The molecule has 2 aliphatic heterocycles. The number of rotatable bonds is 4. The van der Waals surface area contributed by atoms with Crippen LogP contribution >= 0.6 is 0 Å². The Morgan fingerprint density at radius 1 is 1.04 bits per heavy atom. The molecule has 0 atom stereocenters. The van der Waals surface area contributed by atoms with Gasteiger partial charge < -0.3 is 24.8 Å². The summed E-state index contributed by atoms with van der Waals surface area (Å²) in [6.07, 6.45) is 1.31. The molecule has 142 valence electrons. The molecule has 4 rings (SSSR count). The fourth-order valence-corrected chi connectivity index (χ4v) is 3.78. The second-order valence-corrected chi connectivity index (χ2v) is 7.23. The molecule has 2 aromatic rings. The van der Waals surface area contributed by atoms with E-state index in [0.29, 0.717) is 49.8 Å². The predicted octanol–water partition coefficient (Wildman–Crippen LogP) is 0.963. The van der Waals surface area contributed by atoms with Crippen LogP contribution in [0.5, 0.6) is 11.5 Å². The molecule has 0 radical (unpaired) electrons. The highest BCUT2D eigenvalue weighted by Crippen LogP contribution is 2.32. The highest BCUT2D eigenvalue weighted by Gasteiger charge is 2.36. The van der Waals surface area contributed by atoms with Crippen LogP contribution in [0.15, 0.2) is 48.5 Å². The molecule has 2 aliphatic rings. The van der Waals surface area contributed by atoms with Crippen LogP contribution in [0.1, 0.15) is 18.4 Å². The summed E-state index contributed by atoms with van der Waals surface area (Å²) in [5.74, 6) is 1.34. The van der Waals surface area contributed by atoms with Crippen molar-refractivity contribution >= 4 is 11.6 Å². The Morgan fingerprint density at radius 2 is 1.74 bits per heavy atom. The lowest BCUT2D eigenvalue weighted by Crippen LogP contribution is -3.14. The Bertz CT molecular complexity index is 801. The predicted molar refractivity (Wildman–Crippen MR) is 101 cm³/mol. The van der Waals surface area contributed by atoms with E-state index < -0.39 is 5.60 Å². The number of anilines is 1. The normalized spacial score (nSPS) is 24.3. The average Bonchev–Trinajstić information content (AvgIpc) is 2.70. The average molecular weight is 369 g/mol. The number of piperidine rings is 1. The molecule has 6 nitrogen and oxygen atoms in total. The van der Waals surface area contributed by atoms with Crippen LogP contribution in [0.2, 0.25) is 0 Å². The van der Waals surface area contributed by atoms with Crippen molar-refractivity contribution in [2.75, 3.05) is 38.2 Å². The van der Waals surface area contributed by atoms with Crippen molar-refractivity contribution in [3.63, 3.8) is 0 Å². The Morgan fingerprint density at radius 3 is 2.48 bits per heavy atom. The van der Waals surface area contributed by atoms with E-state index >= 15 is 0 Å². The molecule has 1 amide bonds. The summed E-state index contributed by atoms with van der Waals surface area (Å²) >= 11 is 0. The van der Waals surface area contributed by atoms with E-state index in [0.717, 1.165) is 18.7 Å². The first-order valence-electron chi connectivity index (χ1n) is 9.43. The third-order valence-electron chi connectivity index (χ3n) is 5.33. The third-order valence-corrected chi connectivity index (χ3v) is 5.33. The zero-order valence-electron chi connectivity index (χ0n) is 15.2. The van der Waals surface area contributed by atoms with Crippen molar-refractivity contribution in [3.8, 4) is 11.5 Å². The number of ether oxygens (including phenoxy) is 2. The topological polar surface area (TPSA) is 72.2 Å². The number of fused-ring (bicyclic) bond motifs is 1. The van der Waals surface area contributed by atoms with Gasteiger partial charge in [-0.05, 0) is 17.7 Å². The largest absolute Gasteiger partial charge is 0.486 e. The van der Waals surface area contributed by atoms with Crippen LogP contribution in [-0.4, -0.2) is 43.9 Å². The summed E-state index contributed by atoms with van der Waals surface area (Å²) in [6, 6.07) is 15.2. The number of nitrogens with one attached hydrogen (secondary N) is 2. The number of aliphatic hydroxyl groups is 1. The number of benzene rings is 2. The molecule has 6 heteroatoms. The molecule has 1 fully saturated rings. The van der Waals surface area contributed by atoms with Gasteiger partial charge >= 0.3 is 0 Å². The number of quaternary nitrogens is 1. The zero-order chi connectivity index (χ0) is 18.7. The second kappa shape index (κ2) is 7.58. The van der Waals surface area contributed by atoms with E-state index in [1.807, 2.05) is 42.5 Å². The molecule has 0 aromatic heterocycles. The van der Waals surface area contributed by atoms with Crippen LogP contribution in [0, 0.1) is 0 Å². The molecular formula is C21H25N2O4+. The summed E-state index contributed by atoms with van der Waals surface area (Å²) in [6.45, 7) is 2.98. The van der Waals surface area contributed by atoms with Gasteiger partial charge in [-0.15, -0.1) is 0 Å². The van der Waals surface area contributed by atoms with E-state index in [1.165, 1.54) is 4.90 Å². The van der Waals surface area contributed by atoms with E-state index in [2.05, 4.69) is 5.32 Å². The van der Waals surface area contributed by atoms with Crippen molar-refractivity contribution in [1.82, 2.24) is 0 Å². The Hall–Kier alpha value is -2.57. The molecule has 0 unspecified atom stereocenters. The van der Waals surface area contributed by atoms with Crippen molar-refractivity contribution in [2.45, 2.75) is 18.4 Å². The Balaban J connectivity index is 1.31. The number of likely N-dealkylation sites (tertiary alicyclic amines) is 1. The number of carbonyl (C=O) groups is 1. The molecule has 0 aliphatic carbocycles. The molecule has 2 aromatic carbocycles. The maximum absolute atomic E-state index is 12.4. The van der Waals surface area contributed by atoms with Gasteiger partial charge in [-0.3, -0.25) is 4.79 Å². The first kappa shape index (κ1) is 17.8. The Kier molecular flexibility index (Phi) is 5.01. The number of hydrogen-bond acceptors (Lipinski definition) is 4. The SMILES string of the molecule is O=C(C[NH+]1CCC(O)(c2ccccc2)CC1)Nc1ccc2c(c1)OCCO2. The van der Waals surface area contributed by atoms with E-state index in [1.54, 1.807) is 6.07 Å². The van der Waals surface area contributed by atoms with Crippen molar-refractivity contribution < 1.29 is 24.3 Å². The minimum atomic E-state index is -0.781. The molecule has 0 spiro atoms. The molecule has 3 N–H and O–H groups in total. The fourth-order valence-electron chi connectivity index (χ4n) is 3.78. The van der Waals surface area contributed by atoms with Crippen LogP contribution < -0.4 is 19.7 Å². The summed E-state index contributed by atoms with van der Waals surface area (Å²) in [5, 5.41) is 13.8. The molecule has 0 saturated carbocycles. The summed E-state index contributed by atoms with van der Waals surface area (Å²) < 4.78 is 11.0. The standard InChI is InChI=1S/C21H24N2O4/c24-20(22-17-6-7-18-19(14-17)27-13-12-26-18)15-23-10-8-21(25,9-11-23)16-4-2-1-3-5-16/h1-7,14,25H,8-13,15H2,(H,22,24)/p+1. The molecule has 0 bridgehead atoms. The lowest BCUT2D eigenvalue weighted by Gasteiger charge is -2.36. The van der Waals surface area contributed by atoms with Gasteiger partial charge in [-0.1, -0.05) is 30.3 Å². The number of hydrogen-bond donors (Lipinski definition) is 3. The highest BCUT2D eigenvalue weighted by atomic mass is 16.6. The Labute approximate surface area is 158 Å². The first-order valence-corrected chi connectivity index (χ1v) is 9.43. The van der Waals surface area contributed by atoms with Gasteiger partial charge in [0, 0.05) is 24.6 Å². The van der Waals surface area contributed by atoms with Gasteiger partial charge in [-0.2, -0.15) is 0 Å². The van der Waals surface area contributed by atoms with E-state index in [4.69, 9.17) is 9.47 Å². The maximum atomic E-state index is 12.4. The monoisotopic (exact) mass is 369 g/mol. The van der Waals surface area contributed by atoms with E-state index in [9.17, 15) is 9.90 Å². The quantitative estimate of drug-likeness (QED) is 0.751. The van der Waals surface area contributed by atoms with Gasteiger partial charge in [0.1, 0.15) is 18.8 Å². The maximum Gasteiger partial charge on any atom is 0.279 e. The van der Waals surface area contributed by atoms with Crippen molar-refractivity contribution in [1.29, 1.82) is 0 Å². The van der Waals surface area contributed by atoms with Crippen LogP contribution in [0.3, 0.4) is 0 Å². The molecular weight excluding hydrogens is 344 g/mol. The van der Waals surface area contributed by atoms with Crippen molar-refractivity contribution in [3.05, 3.63) is 54.1 Å². The minimum absolute atomic E-state index is 0.0353. The minimum Gasteiger partial charge on any atom is -0.486 e. The summed E-state index contributed by atoms with van der Waals surface area (Å²) in [5.41, 5.74) is 0.892. The third kappa shape index (κ3) is 4.07. The number of amides is 1. The lowest BCUT2D eigenvalue weighted by atomic mass is 9.84. The first-order chi connectivity index (χ1) is 13.1. The second-order valence-electron chi connectivity index (χ2n) is 7.23. The molecule has 2 heterocycles. The highest BCUT2D eigenvalue weighted by molar-refractivity contribution is 5.91. The lowest BCUT2D eigenvalue weighted by molar-refractivity contribution is -0.899. The van der Waals surface area contributed by atoms with Crippen LogP contribution in [0.4, 0.5) is 5.69 Å². The van der Waals surface area contributed by atoms with Gasteiger partial charge in [0.2, 0.25) is 0 Å². The van der Waals surface area contributed by atoms with Gasteiger partial charge in [0.25, 0.3) is 5.91 Å². The van der Waals surface area contributed by atoms with Crippen molar-refractivity contribution in [2.24, 2.45) is 0 Å². The van der Waals surface area contributed by atoms with E-state index in [-0.39, 0.29) is 5.91 Å². The summed E-state index contributed by atoms with van der Waals surface area (Å²) in [7, 11) is 0. The van der Waals surface area contributed by atoms with Gasteiger partial charge in [0.05, 0.1) is 13.1 Å². The molecule has 1 saturated heterocycles. The van der Waals surface area contributed by atoms with Crippen LogP contribution in [0.25, 0.3) is 0 Å². The van der Waals surface area contributed by atoms with Gasteiger partial charge in [0.15, 0.2) is 18.0 Å². The zero-order valence-corrected chi connectivity index (χ0v) is 15.2. The number of carbonyl (C=O) groups excluding carboxylic acids is 1. The fraction of sp³-hybridized carbons (Fsp3) is 0.381. The summed E-state index contributed by atoms with van der Waals surface area (Å²) in [4.78, 5) is 13.6. The van der Waals surface area contributed by atoms with Crippen LogP contribution in [-0.2, 0) is 10.4 Å². The molecule has 27 heavy (non-hydrogen) atoms.